The van der Waals surface area contributed by atoms with Gasteiger partial charge in [0.2, 0.25) is 0 Å². The lowest BCUT2D eigenvalue weighted by molar-refractivity contribution is -0.138. The summed E-state index contributed by atoms with van der Waals surface area (Å²) in [6, 6.07) is 4.59. The van der Waals surface area contributed by atoms with E-state index in [4.69, 9.17) is 5.73 Å². The summed E-state index contributed by atoms with van der Waals surface area (Å²) < 4.78 is 38.9. The highest BCUT2D eigenvalue weighted by Gasteiger charge is 2.33. The van der Waals surface area contributed by atoms with Crippen molar-refractivity contribution in [2.45, 2.75) is 25.4 Å². The Morgan fingerprint density at radius 3 is 2.39 bits per heavy atom. The van der Waals surface area contributed by atoms with Crippen molar-refractivity contribution < 1.29 is 13.2 Å². The molecule has 1 aliphatic heterocycles. The normalized spacial score (nSPS) is 16.3. The van der Waals surface area contributed by atoms with Crippen molar-refractivity contribution in [3.63, 3.8) is 0 Å². The summed E-state index contributed by atoms with van der Waals surface area (Å²) in [5.74, 6) is 0. The quantitative estimate of drug-likeness (QED) is 0.903. The average Bonchev–Trinajstić information content (AvgIpc) is 2.82. The minimum absolute atomic E-state index is 0.228. The Hall–Kier alpha value is -1.23. The fourth-order valence-electron chi connectivity index (χ4n) is 2.37. The Labute approximate surface area is 105 Å². The molecule has 0 radical (unpaired) electrons. The fraction of sp³-hybridized carbons (Fsp3) is 0.538. The lowest BCUT2D eigenvalue weighted by Gasteiger charge is -2.21. The number of alkyl halides is 3. The molecule has 1 aromatic carbocycles. The van der Waals surface area contributed by atoms with Gasteiger partial charge in [0.1, 0.15) is 0 Å². The van der Waals surface area contributed by atoms with Crippen LogP contribution in [0.4, 0.5) is 18.9 Å². The smallest absolute Gasteiger partial charge is 0.372 e. The van der Waals surface area contributed by atoms with Gasteiger partial charge >= 0.3 is 6.18 Å². The van der Waals surface area contributed by atoms with E-state index in [-0.39, 0.29) is 18.5 Å². The SMILES string of the molecule is NCCc1ccc(N2CCCC2)cc1C(F)(F)F. The molecule has 5 heteroatoms. The highest BCUT2D eigenvalue weighted by molar-refractivity contribution is 5.52. The minimum Gasteiger partial charge on any atom is -0.372 e. The van der Waals surface area contributed by atoms with Crippen LogP contribution in [0.1, 0.15) is 24.0 Å². The van der Waals surface area contributed by atoms with Crippen LogP contribution < -0.4 is 10.6 Å². The van der Waals surface area contributed by atoms with Gasteiger partial charge in [-0.25, -0.2) is 0 Å². The molecule has 0 atom stereocenters. The molecular formula is C13H17F3N2. The van der Waals surface area contributed by atoms with Crippen LogP contribution in [0.3, 0.4) is 0 Å². The van der Waals surface area contributed by atoms with Crippen LogP contribution in [0.5, 0.6) is 0 Å². The van der Waals surface area contributed by atoms with E-state index in [1.54, 1.807) is 12.1 Å². The van der Waals surface area contributed by atoms with Crippen molar-refractivity contribution in [3.8, 4) is 0 Å². The third-order valence-corrected chi connectivity index (χ3v) is 3.28. The van der Waals surface area contributed by atoms with Crippen molar-refractivity contribution in [1.29, 1.82) is 0 Å². The molecule has 0 spiro atoms. The molecule has 1 heterocycles. The van der Waals surface area contributed by atoms with E-state index >= 15 is 0 Å². The van der Waals surface area contributed by atoms with Gasteiger partial charge < -0.3 is 10.6 Å². The number of hydrogen-bond donors (Lipinski definition) is 1. The molecule has 100 valence electrons. The van der Waals surface area contributed by atoms with E-state index in [0.29, 0.717) is 5.69 Å². The van der Waals surface area contributed by atoms with Crippen molar-refractivity contribution in [3.05, 3.63) is 29.3 Å². The second-order valence-electron chi connectivity index (χ2n) is 4.57. The van der Waals surface area contributed by atoms with Gasteiger partial charge in [0.25, 0.3) is 0 Å². The zero-order chi connectivity index (χ0) is 13.2. The Morgan fingerprint density at radius 2 is 1.83 bits per heavy atom. The molecule has 2 N–H and O–H groups in total. The predicted molar refractivity (Wildman–Crippen MR) is 65.6 cm³/mol. The van der Waals surface area contributed by atoms with E-state index in [0.717, 1.165) is 25.9 Å². The van der Waals surface area contributed by atoms with Gasteiger partial charge in [-0.1, -0.05) is 6.07 Å². The first kappa shape index (κ1) is 13.2. The maximum atomic E-state index is 13.0. The van der Waals surface area contributed by atoms with E-state index in [2.05, 4.69) is 0 Å². The molecule has 1 fully saturated rings. The molecule has 0 bridgehead atoms. The van der Waals surface area contributed by atoms with E-state index in [1.807, 2.05) is 4.90 Å². The number of nitrogens with zero attached hydrogens (tertiary/aromatic N) is 1. The lowest BCUT2D eigenvalue weighted by Crippen LogP contribution is -2.19. The number of hydrogen-bond acceptors (Lipinski definition) is 2. The van der Waals surface area contributed by atoms with Crippen LogP contribution in [0.25, 0.3) is 0 Å². The summed E-state index contributed by atoms with van der Waals surface area (Å²) in [4.78, 5) is 2.00. The maximum Gasteiger partial charge on any atom is 0.416 e. The van der Waals surface area contributed by atoms with Crippen LogP contribution in [-0.2, 0) is 12.6 Å². The lowest BCUT2D eigenvalue weighted by atomic mass is 10.0. The largest absolute Gasteiger partial charge is 0.416 e. The number of benzene rings is 1. The third-order valence-electron chi connectivity index (χ3n) is 3.28. The number of rotatable bonds is 3. The topological polar surface area (TPSA) is 29.3 Å². The monoisotopic (exact) mass is 258 g/mol. The summed E-state index contributed by atoms with van der Waals surface area (Å²) in [6.45, 7) is 1.91. The number of halogens is 3. The van der Waals surface area contributed by atoms with Crippen molar-refractivity contribution in [1.82, 2.24) is 0 Å². The van der Waals surface area contributed by atoms with Crippen LogP contribution in [0.2, 0.25) is 0 Å². The molecule has 2 nitrogen and oxygen atoms in total. The second-order valence-corrected chi connectivity index (χ2v) is 4.57. The van der Waals surface area contributed by atoms with Gasteiger partial charge in [0, 0.05) is 18.8 Å². The molecule has 0 saturated carbocycles. The predicted octanol–water partition coefficient (Wildman–Crippen LogP) is 2.81. The molecule has 0 aromatic heterocycles. The van der Waals surface area contributed by atoms with Crippen LogP contribution in [0.15, 0.2) is 18.2 Å². The highest BCUT2D eigenvalue weighted by Crippen LogP contribution is 2.35. The Bertz CT molecular complexity index is 409. The first-order chi connectivity index (χ1) is 8.52. The van der Waals surface area contributed by atoms with Crippen molar-refractivity contribution in [2.75, 3.05) is 24.5 Å². The Balaban J connectivity index is 2.35. The second kappa shape index (κ2) is 5.18. The molecule has 18 heavy (non-hydrogen) atoms. The molecule has 0 amide bonds. The van der Waals surface area contributed by atoms with Gasteiger partial charge in [-0.15, -0.1) is 0 Å². The molecular weight excluding hydrogens is 241 g/mol. The minimum atomic E-state index is -4.31. The number of anilines is 1. The molecule has 1 saturated heterocycles. The molecule has 2 rings (SSSR count). The summed E-state index contributed by atoms with van der Waals surface area (Å²) >= 11 is 0. The Kier molecular flexibility index (Phi) is 3.80. The van der Waals surface area contributed by atoms with Gasteiger partial charge in [0.15, 0.2) is 0 Å². The maximum absolute atomic E-state index is 13.0. The van der Waals surface area contributed by atoms with Gasteiger partial charge in [-0.05, 0) is 43.5 Å². The standard InChI is InChI=1S/C13H17F3N2/c14-13(15,16)12-9-11(18-7-1-2-8-18)4-3-10(12)5-6-17/h3-4,9H,1-2,5-8,17H2. The van der Waals surface area contributed by atoms with Crippen LogP contribution >= 0.6 is 0 Å². The fourth-order valence-corrected chi connectivity index (χ4v) is 2.37. The highest BCUT2D eigenvalue weighted by atomic mass is 19.4. The summed E-state index contributed by atoms with van der Waals surface area (Å²) in [7, 11) is 0. The van der Waals surface area contributed by atoms with E-state index in [9.17, 15) is 13.2 Å². The van der Waals surface area contributed by atoms with Crippen LogP contribution in [-0.4, -0.2) is 19.6 Å². The van der Waals surface area contributed by atoms with Crippen LogP contribution in [0, 0.1) is 0 Å². The van der Waals surface area contributed by atoms with Crippen molar-refractivity contribution >= 4 is 5.69 Å². The molecule has 0 unspecified atom stereocenters. The Morgan fingerprint density at radius 1 is 1.17 bits per heavy atom. The average molecular weight is 258 g/mol. The van der Waals surface area contributed by atoms with Gasteiger partial charge in [-0.3, -0.25) is 0 Å². The van der Waals surface area contributed by atoms with Crippen molar-refractivity contribution in [2.24, 2.45) is 5.73 Å². The first-order valence-corrected chi connectivity index (χ1v) is 6.17. The summed E-state index contributed by atoms with van der Waals surface area (Å²) in [5, 5.41) is 0. The molecule has 1 aliphatic rings. The van der Waals surface area contributed by atoms with E-state index < -0.39 is 11.7 Å². The first-order valence-electron chi connectivity index (χ1n) is 6.17. The molecule has 0 aliphatic carbocycles. The van der Waals surface area contributed by atoms with Gasteiger partial charge in [-0.2, -0.15) is 13.2 Å². The number of nitrogens with two attached hydrogens (primary N) is 1. The zero-order valence-corrected chi connectivity index (χ0v) is 10.1. The third kappa shape index (κ3) is 2.77. The molecule has 1 aromatic rings. The van der Waals surface area contributed by atoms with E-state index in [1.165, 1.54) is 6.07 Å². The zero-order valence-electron chi connectivity index (χ0n) is 10.1. The summed E-state index contributed by atoms with van der Waals surface area (Å²) in [5.41, 5.74) is 5.76. The van der Waals surface area contributed by atoms with Gasteiger partial charge in [0.05, 0.1) is 5.56 Å². The summed E-state index contributed by atoms with van der Waals surface area (Å²) in [6.07, 6.45) is -1.95.